The molecule has 1 aliphatic rings. The fraction of sp³-hybridized carbons (Fsp3) is 0.300. The molecule has 0 aliphatic carbocycles. The molecule has 0 saturated heterocycles. The average molecular weight is 418 g/mol. The third-order valence-corrected chi connectivity index (χ3v) is 5.57. The van der Waals surface area contributed by atoms with Crippen molar-refractivity contribution in [2.24, 2.45) is 0 Å². The van der Waals surface area contributed by atoms with Gasteiger partial charge in [0.15, 0.2) is 6.10 Å². The van der Waals surface area contributed by atoms with Gasteiger partial charge < -0.3 is 14.8 Å². The number of ether oxygens (including phenoxy) is 2. The lowest BCUT2D eigenvalue weighted by atomic mass is 10.1. The van der Waals surface area contributed by atoms with E-state index in [1.54, 1.807) is 56.3 Å². The average Bonchev–Trinajstić information content (AvgIpc) is 2.68. The van der Waals surface area contributed by atoms with Crippen LogP contribution in [0.15, 0.2) is 42.5 Å². The van der Waals surface area contributed by atoms with E-state index in [2.05, 4.69) is 5.32 Å². The standard InChI is InChI=1S/C20H22N2O6S/c1-4-27-20(24)14-9-10-15(13(2)11-14)21-19(23)18-12-22(29(3,25)26)16-7-5-6-8-17(16)28-18/h5-11,18H,4,12H2,1-3H3,(H,21,23)/t18-/m0/s1. The van der Waals surface area contributed by atoms with Gasteiger partial charge in [0.25, 0.3) is 5.91 Å². The van der Waals surface area contributed by atoms with Gasteiger partial charge >= 0.3 is 5.97 Å². The van der Waals surface area contributed by atoms with Crippen molar-refractivity contribution >= 4 is 33.3 Å². The van der Waals surface area contributed by atoms with Crippen LogP contribution >= 0.6 is 0 Å². The first-order chi connectivity index (χ1) is 13.7. The van der Waals surface area contributed by atoms with Crippen molar-refractivity contribution in [2.75, 3.05) is 29.0 Å². The Morgan fingerprint density at radius 1 is 1.24 bits per heavy atom. The van der Waals surface area contributed by atoms with E-state index in [1.807, 2.05) is 0 Å². The van der Waals surface area contributed by atoms with Crippen molar-refractivity contribution < 1.29 is 27.5 Å². The zero-order chi connectivity index (χ0) is 21.2. The maximum atomic E-state index is 12.8. The van der Waals surface area contributed by atoms with E-state index in [1.165, 1.54) is 0 Å². The van der Waals surface area contributed by atoms with Crippen LogP contribution in [0, 0.1) is 6.92 Å². The molecule has 0 saturated carbocycles. The van der Waals surface area contributed by atoms with Gasteiger partial charge in [-0.3, -0.25) is 9.10 Å². The van der Waals surface area contributed by atoms with Gasteiger partial charge in [-0.2, -0.15) is 0 Å². The van der Waals surface area contributed by atoms with Gasteiger partial charge in [-0.25, -0.2) is 13.2 Å². The largest absolute Gasteiger partial charge is 0.476 e. The van der Waals surface area contributed by atoms with Crippen molar-refractivity contribution in [3.8, 4) is 5.75 Å². The fourth-order valence-electron chi connectivity index (χ4n) is 3.01. The van der Waals surface area contributed by atoms with Crippen LogP contribution in [-0.2, 0) is 19.6 Å². The number of rotatable bonds is 5. The number of amides is 1. The molecule has 1 heterocycles. The van der Waals surface area contributed by atoms with Crippen molar-refractivity contribution in [1.82, 2.24) is 0 Å². The number of aryl methyl sites for hydroxylation is 1. The maximum Gasteiger partial charge on any atom is 0.338 e. The lowest BCUT2D eigenvalue weighted by Crippen LogP contribution is -2.48. The summed E-state index contributed by atoms with van der Waals surface area (Å²) in [5.41, 5.74) is 1.94. The molecule has 0 radical (unpaired) electrons. The number of carbonyl (C=O) groups is 2. The first kappa shape index (κ1) is 20.7. The van der Waals surface area contributed by atoms with Crippen LogP contribution in [0.25, 0.3) is 0 Å². The second-order valence-electron chi connectivity index (χ2n) is 6.61. The Morgan fingerprint density at radius 2 is 1.97 bits per heavy atom. The molecular formula is C20H22N2O6S. The molecule has 1 N–H and O–H groups in total. The summed E-state index contributed by atoms with van der Waals surface area (Å²) in [5.74, 6) is -0.608. The number of anilines is 2. The lowest BCUT2D eigenvalue weighted by molar-refractivity contribution is -0.122. The predicted molar refractivity (Wildman–Crippen MR) is 109 cm³/mol. The molecule has 1 atom stereocenters. The van der Waals surface area contributed by atoms with Crippen LogP contribution < -0.4 is 14.4 Å². The molecule has 1 amide bonds. The molecular weight excluding hydrogens is 396 g/mol. The molecule has 1 aliphatic heterocycles. The van der Waals surface area contributed by atoms with Crippen LogP contribution in [0.2, 0.25) is 0 Å². The Kier molecular flexibility index (Phi) is 5.78. The summed E-state index contributed by atoms with van der Waals surface area (Å²) in [7, 11) is -3.59. The lowest BCUT2D eigenvalue weighted by Gasteiger charge is -2.33. The summed E-state index contributed by atoms with van der Waals surface area (Å²) in [6, 6.07) is 11.4. The second kappa shape index (κ2) is 8.12. The summed E-state index contributed by atoms with van der Waals surface area (Å²) >= 11 is 0. The Bertz CT molecular complexity index is 1050. The van der Waals surface area contributed by atoms with Crippen molar-refractivity contribution in [1.29, 1.82) is 0 Å². The van der Waals surface area contributed by atoms with Crippen LogP contribution in [0.3, 0.4) is 0 Å². The van der Waals surface area contributed by atoms with Gasteiger partial charge in [0, 0.05) is 5.69 Å². The SMILES string of the molecule is CCOC(=O)c1ccc(NC(=O)[C@@H]2CN(S(C)(=O)=O)c3ccccc3O2)c(C)c1. The zero-order valence-corrected chi connectivity index (χ0v) is 17.2. The molecule has 0 spiro atoms. The number of para-hydroxylation sites is 2. The third-order valence-electron chi connectivity index (χ3n) is 4.42. The van der Waals surface area contributed by atoms with Gasteiger partial charge in [-0.1, -0.05) is 12.1 Å². The summed E-state index contributed by atoms with van der Waals surface area (Å²) in [5, 5.41) is 2.74. The Balaban J connectivity index is 1.80. The minimum Gasteiger partial charge on any atom is -0.476 e. The third kappa shape index (κ3) is 4.51. The normalized spacial score (nSPS) is 15.8. The second-order valence-corrected chi connectivity index (χ2v) is 8.51. The molecule has 8 nitrogen and oxygen atoms in total. The number of carbonyl (C=O) groups excluding carboxylic acids is 2. The smallest absolute Gasteiger partial charge is 0.338 e. The van der Waals surface area contributed by atoms with Crippen molar-refractivity contribution in [3.05, 3.63) is 53.6 Å². The molecule has 0 aromatic heterocycles. The molecule has 154 valence electrons. The molecule has 0 bridgehead atoms. The van der Waals surface area contributed by atoms with Gasteiger partial charge in [-0.15, -0.1) is 0 Å². The van der Waals surface area contributed by atoms with Gasteiger partial charge in [0.05, 0.1) is 30.7 Å². The first-order valence-electron chi connectivity index (χ1n) is 9.02. The number of nitrogens with one attached hydrogen (secondary N) is 1. The van der Waals surface area contributed by atoms with Gasteiger partial charge in [0.1, 0.15) is 5.75 Å². The van der Waals surface area contributed by atoms with Gasteiger partial charge in [0.2, 0.25) is 10.0 Å². The van der Waals surface area contributed by atoms with E-state index < -0.39 is 28.0 Å². The van der Waals surface area contributed by atoms with E-state index in [9.17, 15) is 18.0 Å². The maximum absolute atomic E-state index is 12.8. The van der Waals surface area contributed by atoms with E-state index in [0.29, 0.717) is 28.3 Å². The Morgan fingerprint density at radius 3 is 2.62 bits per heavy atom. The van der Waals surface area contributed by atoms with E-state index in [4.69, 9.17) is 9.47 Å². The molecule has 2 aromatic carbocycles. The summed E-state index contributed by atoms with van der Waals surface area (Å²) in [4.78, 5) is 24.6. The minimum atomic E-state index is -3.59. The highest BCUT2D eigenvalue weighted by Crippen LogP contribution is 2.34. The van der Waals surface area contributed by atoms with Crippen LogP contribution in [-0.4, -0.2) is 45.8 Å². The number of benzene rings is 2. The zero-order valence-electron chi connectivity index (χ0n) is 16.3. The predicted octanol–water partition coefficient (Wildman–Crippen LogP) is 2.34. The number of nitrogens with zero attached hydrogens (tertiary/aromatic N) is 1. The molecule has 2 aromatic rings. The summed E-state index contributed by atoms with van der Waals surface area (Å²) in [6.07, 6.45) is 0.0613. The van der Waals surface area contributed by atoms with Crippen LogP contribution in [0.4, 0.5) is 11.4 Å². The number of hydrogen-bond acceptors (Lipinski definition) is 6. The van der Waals surface area contributed by atoms with E-state index >= 15 is 0 Å². The molecule has 3 rings (SSSR count). The first-order valence-corrected chi connectivity index (χ1v) is 10.9. The Hall–Kier alpha value is -3.07. The summed E-state index contributed by atoms with van der Waals surface area (Å²) in [6.45, 7) is 3.61. The summed E-state index contributed by atoms with van der Waals surface area (Å²) < 4.78 is 36.2. The Labute approximate surface area is 169 Å². The number of esters is 1. The molecule has 0 unspecified atom stereocenters. The highest BCUT2D eigenvalue weighted by Gasteiger charge is 2.35. The number of hydrogen-bond donors (Lipinski definition) is 1. The minimum absolute atomic E-state index is 0.137. The monoisotopic (exact) mass is 418 g/mol. The molecule has 0 fully saturated rings. The number of sulfonamides is 1. The fourth-order valence-corrected chi connectivity index (χ4v) is 3.93. The highest BCUT2D eigenvalue weighted by molar-refractivity contribution is 7.92. The molecule has 29 heavy (non-hydrogen) atoms. The van der Waals surface area contributed by atoms with Crippen molar-refractivity contribution in [2.45, 2.75) is 20.0 Å². The topological polar surface area (TPSA) is 102 Å². The van der Waals surface area contributed by atoms with Crippen molar-refractivity contribution in [3.63, 3.8) is 0 Å². The van der Waals surface area contributed by atoms with E-state index in [-0.39, 0.29) is 13.2 Å². The van der Waals surface area contributed by atoms with E-state index in [0.717, 1.165) is 10.6 Å². The van der Waals surface area contributed by atoms with Crippen LogP contribution in [0.1, 0.15) is 22.8 Å². The quantitative estimate of drug-likeness (QED) is 0.748. The van der Waals surface area contributed by atoms with Gasteiger partial charge in [-0.05, 0) is 49.7 Å². The number of fused-ring (bicyclic) bond motifs is 1. The highest BCUT2D eigenvalue weighted by atomic mass is 32.2. The van der Waals surface area contributed by atoms with Crippen LogP contribution in [0.5, 0.6) is 5.75 Å². The molecule has 9 heteroatoms.